The largest absolute Gasteiger partial charge is 0.272 e. The van der Waals surface area contributed by atoms with E-state index < -0.39 is 0 Å². The Morgan fingerprint density at radius 3 is 1.27 bits per heavy atom. The second-order valence-electron chi connectivity index (χ2n) is 5.09. The van der Waals surface area contributed by atoms with Crippen molar-refractivity contribution in [3.05, 3.63) is 93.5 Å². The van der Waals surface area contributed by atoms with E-state index in [-0.39, 0.29) is 11.1 Å². The van der Waals surface area contributed by atoms with E-state index in [0.717, 1.165) is 11.1 Å². The lowest BCUT2D eigenvalue weighted by atomic mass is 10.1. The molecule has 4 heteroatoms. The summed E-state index contributed by atoms with van der Waals surface area (Å²) < 4.78 is 2.86. The van der Waals surface area contributed by atoms with Crippen molar-refractivity contribution >= 4 is 0 Å². The van der Waals surface area contributed by atoms with Crippen LogP contribution in [0.4, 0.5) is 0 Å². The van der Waals surface area contributed by atoms with Crippen LogP contribution >= 0.6 is 0 Å². The molecule has 0 spiro atoms. The summed E-state index contributed by atoms with van der Waals surface area (Å²) >= 11 is 0. The molecule has 0 atom stereocenters. The van der Waals surface area contributed by atoms with Crippen LogP contribution in [-0.2, 0) is 0 Å². The highest BCUT2D eigenvalue weighted by molar-refractivity contribution is 5.63. The van der Waals surface area contributed by atoms with Gasteiger partial charge in [-0.25, -0.2) is 9.03 Å². The zero-order valence-electron chi connectivity index (χ0n) is 11.6. The lowest BCUT2D eigenvalue weighted by molar-refractivity contribution is 0.818. The van der Waals surface area contributed by atoms with Crippen LogP contribution in [0.25, 0.3) is 22.5 Å². The molecule has 0 unspecified atom stereocenters. The Bertz CT molecular complexity index is 960. The van der Waals surface area contributed by atoms with Gasteiger partial charge in [-0.2, -0.15) is 0 Å². The lowest BCUT2D eigenvalue weighted by Crippen LogP contribution is -2.14. The average molecular weight is 288 g/mol. The molecule has 0 amide bonds. The monoisotopic (exact) mass is 288 g/mol. The summed E-state index contributed by atoms with van der Waals surface area (Å²) in [5.41, 5.74) is 2.49. The Hall–Kier alpha value is -3.14. The first-order valence-corrected chi connectivity index (χ1v) is 6.98. The van der Waals surface area contributed by atoms with Gasteiger partial charge in [-0.15, -0.1) is 0 Å². The first kappa shape index (κ1) is 12.6. The quantitative estimate of drug-likeness (QED) is 0.569. The second-order valence-corrected chi connectivity index (χ2v) is 5.09. The fourth-order valence-corrected chi connectivity index (χ4v) is 2.76. The molecule has 0 bridgehead atoms. The maximum absolute atomic E-state index is 12.4. The molecule has 22 heavy (non-hydrogen) atoms. The molecule has 0 radical (unpaired) electrons. The summed E-state index contributed by atoms with van der Waals surface area (Å²) in [6, 6.07) is 21.9. The summed E-state index contributed by atoms with van der Waals surface area (Å²) in [4.78, 5) is 24.8. The number of nitrogens with zero attached hydrogens (tertiary/aromatic N) is 2. The molecule has 4 nitrogen and oxygen atoms in total. The van der Waals surface area contributed by atoms with Crippen LogP contribution in [0, 0.1) is 0 Å². The van der Waals surface area contributed by atoms with Crippen molar-refractivity contribution in [1.82, 2.24) is 9.03 Å². The molecule has 0 saturated carbocycles. The molecule has 2 aromatic heterocycles. The van der Waals surface area contributed by atoms with Crippen LogP contribution in [0.2, 0.25) is 0 Å². The zero-order valence-corrected chi connectivity index (χ0v) is 11.6. The fraction of sp³-hybridized carbons (Fsp3) is 0. The molecule has 0 fully saturated rings. The van der Waals surface area contributed by atoms with Crippen molar-refractivity contribution in [3.8, 4) is 22.5 Å². The van der Waals surface area contributed by atoms with Gasteiger partial charge >= 0.3 is 0 Å². The number of hydrogen-bond acceptors (Lipinski definition) is 2. The number of fused-ring (bicyclic) bond motifs is 1. The van der Waals surface area contributed by atoms with Gasteiger partial charge in [0, 0.05) is 23.3 Å². The van der Waals surface area contributed by atoms with Gasteiger partial charge in [0.25, 0.3) is 11.1 Å². The van der Waals surface area contributed by atoms with Crippen molar-refractivity contribution in [2.45, 2.75) is 0 Å². The van der Waals surface area contributed by atoms with E-state index in [1.54, 1.807) is 0 Å². The van der Waals surface area contributed by atoms with Gasteiger partial charge in [0.2, 0.25) is 0 Å². The summed E-state index contributed by atoms with van der Waals surface area (Å²) in [7, 11) is 0. The van der Waals surface area contributed by atoms with E-state index in [4.69, 9.17) is 0 Å². The first-order valence-electron chi connectivity index (χ1n) is 6.98. The highest BCUT2D eigenvalue weighted by Crippen LogP contribution is 2.20. The maximum atomic E-state index is 12.4. The van der Waals surface area contributed by atoms with Gasteiger partial charge in [0.15, 0.2) is 0 Å². The Kier molecular flexibility index (Phi) is 2.69. The Labute approximate surface area is 125 Å². The molecule has 0 aliphatic rings. The number of aromatic nitrogens is 2. The van der Waals surface area contributed by atoms with Crippen LogP contribution in [0.3, 0.4) is 0 Å². The van der Waals surface area contributed by atoms with Crippen molar-refractivity contribution in [1.29, 1.82) is 0 Å². The van der Waals surface area contributed by atoms with E-state index in [1.807, 2.05) is 60.7 Å². The molecule has 106 valence electrons. The Balaban J connectivity index is 2.08. The van der Waals surface area contributed by atoms with Gasteiger partial charge in [0.1, 0.15) is 0 Å². The van der Waals surface area contributed by atoms with E-state index in [0.29, 0.717) is 11.4 Å². The Morgan fingerprint density at radius 1 is 0.545 bits per heavy atom. The predicted octanol–water partition coefficient (Wildman–Crippen LogP) is 2.53. The van der Waals surface area contributed by atoms with E-state index >= 15 is 0 Å². The molecule has 0 N–H and O–H groups in total. The molecule has 4 rings (SSSR count). The first-order chi connectivity index (χ1) is 10.8. The minimum absolute atomic E-state index is 0.209. The van der Waals surface area contributed by atoms with Gasteiger partial charge in [0.05, 0.1) is 11.4 Å². The van der Waals surface area contributed by atoms with Crippen LogP contribution in [0.15, 0.2) is 82.4 Å². The van der Waals surface area contributed by atoms with E-state index in [1.165, 1.54) is 21.2 Å². The van der Waals surface area contributed by atoms with Crippen molar-refractivity contribution in [2.24, 2.45) is 0 Å². The molecular formula is C18H12N2O2. The molecule has 4 aromatic rings. The zero-order chi connectivity index (χ0) is 15.1. The summed E-state index contributed by atoms with van der Waals surface area (Å²) in [5.74, 6) is 0. The van der Waals surface area contributed by atoms with Crippen molar-refractivity contribution in [3.63, 3.8) is 0 Å². The topological polar surface area (TPSA) is 43.0 Å². The van der Waals surface area contributed by atoms with Crippen LogP contribution in [0.5, 0.6) is 0 Å². The molecule has 2 aromatic carbocycles. The molecule has 0 aliphatic heterocycles. The van der Waals surface area contributed by atoms with Gasteiger partial charge in [-0.1, -0.05) is 60.7 Å². The van der Waals surface area contributed by atoms with E-state index in [2.05, 4.69) is 0 Å². The van der Waals surface area contributed by atoms with Crippen LogP contribution in [0.1, 0.15) is 0 Å². The predicted molar refractivity (Wildman–Crippen MR) is 85.4 cm³/mol. The van der Waals surface area contributed by atoms with Crippen LogP contribution < -0.4 is 11.1 Å². The third-order valence-electron chi connectivity index (χ3n) is 3.73. The number of benzene rings is 2. The molecule has 0 aliphatic carbocycles. The highest BCUT2D eigenvalue weighted by Gasteiger charge is 2.16. The Morgan fingerprint density at radius 2 is 0.909 bits per heavy atom. The van der Waals surface area contributed by atoms with E-state index in [9.17, 15) is 9.59 Å². The minimum atomic E-state index is -0.209. The fourth-order valence-electron chi connectivity index (χ4n) is 2.76. The summed E-state index contributed by atoms with van der Waals surface area (Å²) in [6.45, 7) is 0. The van der Waals surface area contributed by atoms with Crippen LogP contribution in [-0.4, -0.2) is 9.03 Å². The second kappa shape index (κ2) is 4.70. The molecular weight excluding hydrogens is 276 g/mol. The average Bonchev–Trinajstić information content (AvgIpc) is 3.09. The maximum Gasteiger partial charge on any atom is 0.272 e. The third kappa shape index (κ3) is 1.78. The van der Waals surface area contributed by atoms with Gasteiger partial charge in [-0.3, -0.25) is 9.59 Å². The summed E-state index contributed by atoms with van der Waals surface area (Å²) in [6.07, 6.45) is 0. The normalized spacial score (nSPS) is 11.1. The van der Waals surface area contributed by atoms with Gasteiger partial charge in [-0.05, 0) is 0 Å². The molecule has 2 heterocycles. The van der Waals surface area contributed by atoms with Crippen molar-refractivity contribution in [2.75, 3.05) is 0 Å². The summed E-state index contributed by atoms with van der Waals surface area (Å²) in [5, 5.41) is 0. The SMILES string of the molecule is O=c1cc(-c2ccccc2)n2c(=O)cc(-c3ccccc3)n12. The smallest absolute Gasteiger partial charge is 0.267 e. The van der Waals surface area contributed by atoms with Crippen molar-refractivity contribution < 1.29 is 0 Å². The number of rotatable bonds is 2. The van der Waals surface area contributed by atoms with Gasteiger partial charge < -0.3 is 0 Å². The third-order valence-corrected chi connectivity index (χ3v) is 3.73. The molecule has 0 saturated heterocycles. The lowest BCUT2D eigenvalue weighted by Gasteiger charge is -2.00. The minimum Gasteiger partial charge on any atom is -0.267 e. The standard InChI is InChI=1S/C18H12N2O2/c21-17-11-15(13-7-3-1-4-8-13)19-18(22)12-16(20(17)19)14-9-5-2-6-10-14/h1-12H. The highest BCUT2D eigenvalue weighted by atomic mass is 16.2. The number of hydrogen-bond donors (Lipinski definition) is 0.